The molecule has 0 bridgehead atoms. The van der Waals surface area contributed by atoms with E-state index in [4.69, 9.17) is 9.56 Å². The van der Waals surface area contributed by atoms with Crippen LogP contribution in [0.5, 0.6) is 0 Å². The minimum atomic E-state index is -3.82. The molecule has 0 radical (unpaired) electrons. The molecule has 0 saturated carbocycles. The van der Waals surface area contributed by atoms with Crippen molar-refractivity contribution in [3.8, 4) is 17.4 Å². The fourth-order valence-corrected chi connectivity index (χ4v) is 3.20. The average Bonchev–Trinajstić information content (AvgIpc) is 3.15. The first-order valence-electron chi connectivity index (χ1n) is 8.18. The third-order valence-corrected chi connectivity index (χ3v) is 5.31. The molecule has 3 rings (SSSR count). The van der Waals surface area contributed by atoms with Gasteiger partial charge in [0, 0.05) is 21.8 Å². The predicted octanol–water partition coefficient (Wildman–Crippen LogP) is 3.90. The van der Waals surface area contributed by atoms with Crippen molar-refractivity contribution in [3.63, 3.8) is 0 Å². The Morgan fingerprint density at radius 1 is 1.07 bits per heavy atom. The monoisotopic (exact) mass is 471 g/mol. The minimum Gasteiger partial charge on any atom is -0.457 e. The van der Waals surface area contributed by atoms with E-state index in [0.717, 1.165) is 10.0 Å². The largest absolute Gasteiger partial charge is 0.457 e. The summed E-state index contributed by atoms with van der Waals surface area (Å²) in [6.45, 7) is 0. The van der Waals surface area contributed by atoms with Gasteiger partial charge in [0.15, 0.2) is 0 Å². The molecule has 146 valence electrons. The van der Waals surface area contributed by atoms with E-state index in [1.165, 1.54) is 30.3 Å². The van der Waals surface area contributed by atoms with Crippen LogP contribution in [0, 0.1) is 11.3 Å². The Morgan fingerprint density at radius 3 is 2.31 bits per heavy atom. The van der Waals surface area contributed by atoms with Crippen molar-refractivity contribution < 1.29 is 17.6 Å². The Balaban J connectivity index is 1.77. The molecule has 0 aliphatic carbocycles. The molecule has 0 spiro atoms. The molecule has 0 unspecified atom stereocenters. The van der Waals surface area contributed by atoms with Crippen LogP contribution in [-0.4, -0.2) is 14.3 Å². The molecular weight excluding hydrogens is 458 g/mol. The second-order valence-corrected chi connectivity index (χ2v) is 8.38. The van der Waals surface area contributed by atoms with Crippen molar-refractivity contribution in [1.82, 2.24) is 0 Å². The van der Waals surface area contributed by atoms with E-state index in [1.54, 1.807) is 12.1 Å². The van der Waals surface area contributed by atoms with E-state index >= 15 is 0 Å². The Hall–Kier alpha value is -3.19. The molecule has 0 aliphatic rings. The van der Waals surface area contributed by atoms with Gasteiger partial charge >= 0.3 is 0 Å². The maximum atomic E-state index is 12.4. The first kappa shape index (κ1) is 20.5. The van der Waals surface area contributed by atoms with Gasteiger partial charge in [0.1, 0.15) is 23.2 Å². The van der Waals surface area contributed by atoms with Gasteiger partial charge in [0.2, 0.25) is 10.0 Å². The maximum Gasteiger partial charge on any atom is 0.266 e. The lowest BCUT2D eigenvalue weighted by atomic mass is 10.2. The van der Waals surface area contributed by atoms with Crippen LogP contribution >= 0.6 is 15.9 Å². The van der Waals surface area contributed by atoms with E-state index in [0.29, 0.717) is 17.2 Å². The molecule has 0 aliphatic heterocycles. The third kappa shape index (κ3) is 5.20. The predicted molar refractivity (Wildman–Crippen MR) is 112 cm³/mol. The number of nitrogens with two attached hydrogens (primary N) is 1. The summed E-state index contributed by atoms with van der Waals surface area (Å²) in [5, 5.41) is 16.9. The first-order chi connectivity index (χ1) is 13.8. The van der Waals surface area contributed by atoms with Gasteiger partial charge in [0.05, 0.1) is 4.90 Å². The van der Waals surface area contributed by atoms with E-state index in [2.05, 4.69) is 21.2 Å². The second-order valence-electron chi connectivity index (χ2n) is 5.90. The molecule has 1 amide bonds. The number of carbonyl (C=O) groups excluding carboxylic acids is 1. The van der Waals surface area contributed by atoms with E-state index < -0.39 is 15.9 Å². The van der Waals surface area contributed by atoms with Gasteiger partial charge in [-0.1, -0.05) is 28.1 Å². The minimum absolute atomic E-state index is 0.0809. The highest BCUT2D eigenvalue weighted by atomic mass is 79.9. The van der Waals surface area contributed by atoms with Gasteiger partial charge in [-0.3, -0.25) is 4.79 Å². The number of nitrogens with zero attached hydrogens (tertiary/aromatic N) is 1. The van der Waals surface area contributed by atoms with Crippen molar-refractivity contribution in [2.24, 2.45) is 5.14 Å². The van der Waals surface area contributed by atoms with Crippen LogP contribution in [0.1, 0.15) is 5.76 Å². The molecule has 0 atom stereocenters. The normalized spacial score (nSPS) is 11.7. The lowest BCUT2D eigenvalue weighted by Gasteiger charge is -2.05. The number of rotatable bonds is 5. The van der Waals surface area contributed by atoms with Crippen LogP contribution < -0.4 is 10.5 Å². The fourth-order valence-electron chi connectivity index (χ4n) is 2.42. The van der Waals surface area contributed by atoms with Gasteiger partial charge in [-0.25, -0.2) is 13.6 Å². The Labute approximate surface area is 175 Å². The average molecular weight is 472 g/mol. The quantitative estimate of drug-likeness (QED) is 0.430. The van der Waals surface area contributed by atoms with Gasteiger partial charge in [0.25, 0.3) is 5.91 Å². The van der Waals surface area contributed by atoms with Crippen LogP contribution in [0.15, 0.2) is 80.0 Å². The standard InChI is InChI=1S/C20H14BrN3O4S/c21-15-3-1-13(2-4-15)19-10-7-17(28-19)11-14(12-22)20(25)24-16-5-8-18(9-6-16)29(23,26)27/h1-11H,(H,24,25)(H2,23,26,27)/b14-11-. The molecule has 1 heterocycles. The smallest absolute Gasteiger partial charge is 0.266 e. The van der Waals surface area contributed by atoms with Crippen LogP contribution in [0.3, 0.4) is 0 Å². The van der Waals surface area contributed by atoms with E-state index in [-0.39, 0.29) is 10.5 Å². The van der Waals surface area contributed by atoms with Crippen molar-refractivity contribution >= 4 is 43.6 Å². The molecule has 9 heteroatoms. The summed E-state index contributed by atoms with van der Waals surface area (Å²) in [6, 6.07) is 18.0. The van der Waals surface area contributed by atoms with Crippen LogP contribution in [0.2, 0.25) is 0 Å². The Bertz CT molecular complexity index is 1220. The Morgan fingerprint density at radius 2 is 1.72 bits per heavy atom. The third-order valence-electron chi connectivity index (χ3n) is 3.85. The number of amides is 1. The number of furan rings is 1. The van der Waals surface area contributed by atoms with Crippen LogP contribution in [0.25, 0.3) is 17.4 Å². The number of anilines is 1. The molecule has 3 aromatic rings. The Kier molecular flexibility index (Phi) is 5.98. The molecule has 2 aromatic carbocycles. The lowest BCUT2D eigenvalue weighted by molar-refractivity contribution is -0.112. The number of hydrogen-bond donors (Lipinski definition) is 2. The summed E-state index contributed by atoms with van der Waals surface area (Å²) in [5.41, 5.74) is 1.00. The summed E-state index contributed by atoms with van der Waals surface area (Å²) >= 11 is 3.37. The summed E-state index contributed by atoms with van der Waals surface area (Å²) in [6.07, 6.45) is 1.33. The summed E-state index contributed by atoms with van der Waals surface area (Å²) in [7, 11) is -3.82. The number of sulfonamides is 1. The highest BCUT2D eigenvalue weighted by Gasteiger charge is 2.13. The van der Waals surface area contributed by atoms with E-state index in [9.17, 15) is 18.5 Å². The van der Waals surface area contributed by atoms with E-state index in [1.807, 2.05) is 30.3 Å². The zero-order chi connectivity index (χ0) is 21.0. The molecule has 29 heavy (non-hydrogen) atoms. The summed E-state index contributed by atoms with van der Waals surface area (Å²) < 4.78 is 29.2. The maximum absolute atomic E-state index is 12.4. The number of primary sulfonamides is 1. The second kappa shape index (κ2) is 8.45. The molecule has 7 nitrogen and oxygen atoms in total. The summed E-state index contributed by atoms with van der Waals surface area (Å²) in [4.78, 5) is 12.3. The van der Waals surface area contributed by atoms with Crippen molar-refractivity contribution in [2.75, 3.05) is 5.32 Å². The zero-order valence-electron chi connectivity index (χ0n) is 14.8. The molecular formula is C20H14BrN3O4S. The first-order valence-corrected chi connectivity index (χ1v) is 10.5. The van der Waals surface area contributed by atoms with Crippen molar-refractivity contribution in [2.45, 2.75) is 4.90 Å². The number of nitrogens with one attached hydrogen (secondary N) is 1. The van der Waals surface area contributed by atoms with Crippen molar-refractivity contribution in [3.05, 3.63) is 76.5 Å². The van der Waals surface area contributed by atoms with Gasteiger partial charge in [-0.15, -0.1) is 0 Å². The van der Waals surface area contributed by atoms with Crippen LogP contribution in [-0.2, 0) is 14.8 Å². The zero-order valence-corrected chi connectivity index (χ0v) is 17.2. The van der Waals surface area contributed by atoms with Crippen LogP contribution in [0.4, 0.5) is 5.69 Å². The summed E-state index contributed by atoms with van der Waals surface area (Å²) in [5.74, 6) is 0.289. The molecule has 0 saturated heterocycles. The topological polar surface area (TPSA) is 126 Å². The number of benzene rings is 2. The number of halogens is 1. The number of hydrogen-bond acceptors (Lipinski definition) is 5. The highest BCUT2D eigenvalue weighted by molar-refractivity contribution is 9.10. The highest BCUT2D eigenvalue weighted by Crippen LogP contribution is 2.25. The van der Waals surface area contributed by atoms with Crippen molar-refractivity contribution in [1.29, 1.82) is 5.26 Å². The SMILES string of the molecule is N#C/C(=C/c1ccc(-c2ccc(Br)cc2)o1)C(=O)Nc1ccc(S(N)(=O)=O)cc1. The molecule has 3 N–H and O–H groups in total. The fraction of sp³-hybridized carbons (Fsp3) is 0. The molecule has 0 fully saturated rings. The van der Waals surface area contributed by atoms with Gasteiger partial charge in [-0.2, -0.15) is 5.26 Å². The number of nitriles is 1. The molecule has 1 aromatic heterocycles. The van der Waals surface area contributed by atoms with Gasteiger partial charge in [-0.05, 0) is 48.5 Å². The van der Waals surface area contributed by atoms with Gasteiger partial charge < -0.3 is 9.73 Å². The lowest BCUT2D eigenvalue weighted by Crippen LogP contribution is -2.14. The number of carbonyl (C=O) groups is 1.